The second-order valence-corrected chi connectivity index (χ2v) is 10.7. The highest BCUT2D eigenvalue weighted by Gasteiger charge is 2.53. The second-order valence-electron chi connectivity index (χ2n) is 9.81. The molecule has 0 saturated heterocycles. The van der Waals surface area contributed by atoms with Gasteiger partial charge in [0.15, 0.2) is 11.6 Å². The number of aliphatic hydroxyl groups is 1. The third kappa shape index (κ3) is 6.75. The molecule has 4 aromatic rings. The van der Waals surface area contributed by atoms with Crippen LogP contribution in [0.1, 0.15) is 29.2 Å². The monoisotopic (exact) mass is 629 g/mol. The number of methoxy groups -OCH3 is 1. The maximum Gasteiger partial charge on any atom is 0.270 e. The number of hydrogen-bond acceptors (Lipinski definition) is 7. The van der Waals surface area contributed by atoms with E-state index < -0.39 is 11.6 Å². The van der Waals surface area contributed by atoms with Crippen LogP contribution in [0.5, 0.6) is 11.5 Å². The van der Waals surface area contributed by atoms with E-state index in [1.165, 1.54) is 0 Å². The molecule has 0 radical (unpaired) electrons. The maximum absolute atomic E-state index is 14.3. The lowest BCUT2D eigenvalue weighted by Gasteiger charge is -2.31. The fraction of sp³-hybridized carbons (Fsp3) is 0.212. The van der Waals surface area contributed by atoms with Gasteiger partial charge in [0.1, 0.15) is 11.5 Å². The molecule has 5 rings (SSSR count). The minimum atomic E-state index is -1.37. The van der Waals surface area contributed by atoms with E-state index >= 15 is 0 Å². The molecule has 0 spiro atoms. The van der Waals surface area contributed by atoms with Crippen LogP contribution in [-0.2, 0) is 16.0 Å². The van der Waals surface area contributed by atoms with Gasteiger partial charge in [0.05, 0.1) is 19.4 Å². The van der Waals surface area contributed by atoms with Crippen molar-refractivity contribution in [1.82, 2.24) is 5.43 Å². The zero-order valence-electron chi connectivity index (χ0n) is 23.1. The molecule has 0 aliphatic carbocycles. The number of aliphatic imine (C=N–C) groups is 1. The Bertz CT molecular complexity index is 1510. The van der Waals surface area contributed by atoms with Crippen LogP contribution in [0.25, 0.3) is 0 Å². The zero-order valence-corrected chi connectivity index (χ0v) is 24.7. The van der Waals surface area contributed by atoms with Crippen molar-refractivity contribution in [2.24, 2.45) is 4.99 Å². The van der Waals surface area contributed by atoms with Gasteiger partial charge in [-0.1, -0.05) is 58.4 Å². The summed E-state index contributed by atoms with van der Waals surface area (Å²) in [7, 11) is 1.60. The number of carbonyl (C=O) groups is 1. The third-order valence-corrected chi connectivity index (χ3v) is 7.44. The zero-order chi connectivity index (χ0) is 29.4. The molecule has 0 unspecified atom stereocenters. The van der Waals surface area contributed by atoms with Crippen molar-refractivity contribution in [2.75, 3.05) is 25.7 Å². The molecule has 0 saturated carbocycles. The lowest BCUT2D eigenvalue weighted by Crippen LogP contribution is -2.51. The van der Waals surface area contributed by atoms with E-state index in [-0.39, 0.29) is 18.9 Å². The van der Waals surface area contributed by atoms with Crippen molar-refractivity contribution in [3.8, 4) is 11.5 Å². The Kier molecular flexibility index (Phi) is 9.41. The highest BCUT2D eigenvalue weighted by atomic mass is 79.9. The number of anilines is 1. The van der Waals surface area contributed by atoms with Crippen LogP contribution >= 0.6 is 15.9 Å². The van der Waals surface area contributed by atoms with Crippen LogP contribution in [0.2, 0.25) is 0 Å². The van der Waals surface area contributed by atoms with E-state index in [1.54, 1.807) is 7.11 Å². The summed E-state index contributed by atoms with van der Waals surface area (Å²) in [5, 5.41) is 9.04. The van der Waals surface area contributed by atoms with Crippen LogP contribution in [0.3, 0.4) is 0 Å². The summed E-state index contributed by atoms with van der Waals surface area (Å²) in [6.45, 7) is 0.478. The average molecular weight is 631 g/mol. The molecule has 1 amide bonds. The predicted molar refractivity (Wildman–Crippen MR) is 166 cm³/mol. The van der Waals surface area contributed by atoms with E-state index in [2.05, 4.69) is 26.8 Å². The van der Waals surface area contributed by atoms with Gasteiger partial charge in [0.25, 0.3) is 5.91 Å². The molecule has 4 aromatic carbocycles. The van der Waals surface area contributed by atoms with Gasteiger partial charge in [-0.25, -0.2) is 4.99 Å². The number of aliphatic hydroxyl groups excluding tert-OH is 1. The number of amides is 1. The number of nitrogens with zero attached hydrogens (tertiary/aromatic N) is 1. The molecule has 0 fully saturated rings. The first kappa shape index (κ1) is 29.2. The number of benzene rings is 4. The van der Waals surface area contributed by atoms with E-state index in [1.807, 2.05) is 103 Å². The van der Waals surface area contributed by atoms with Gasteiger partial charge in [-0.2, -0.15) is 0 Å². The van der Waals surface area contributed by atoms with Crippen molar-refractivity contribution >= 4 is 33.4 Å². The molecule has 0 aromatic heterocycles. The smallest absolute Gasteiger partial charge is 0.270 e. The molecule has 42 heavy (non-hydrogen) atoms. The molecular formula is C33H32BrN3O5. The van der Waals surface area contributed by atoms with Gasteiger partial charge in [-0.15, -0.1) is 0 Å². The summed E-state index contributed by atoms with van der Waals surface area (Å²) in [6.07, 6.45) is 0.0603. The molecule has 8 nitrogen and oxygen atoms in total. The van der Waals surface area contributed by atoms with Gasteiger partial charge < -0.3 is 19.3 Å². The van der Waals surface area contributed by atoms with Crippen LogP contribution in [-0.4, -0.2) is 42.8 Å². The first-order chi connectivity index (χ1) is 20.5. The molecular weight excluding hydrogens is 598 g/mol. The summed E-state index contributed by atoms with van der Waals surface area (Å²) in [5.41, 5.74) is 7.68. The number of carbonyl (C=O) groups excluding carboxylic acids is 1. The van der Waals surface area contributed by atoms with Crippen molar-refractivity contribution < 1.29 is 24.1 Å². The van der Waals surface area contributed by atoms with E-state index in [0.717, 1.165) is 21.3 Å². The van der Waals surface area contributed by atoms with E-state index in [4.69, 9.17) is 24.3 Å². The lowest BCUT2D eigenvalue weighted by molar-refractivity contribution is -0.128. The van der Waals surface area contributed by atoms with Crippen LogP contribution in [0.15, 0.2) is 113 Å². The average Bonchev–Trinajstić information content (AvgIpc) is 3.42. The SMILES string of the molecule is COc1cccc([C@@H]2OC(c3ccc(OCCCO)cc3)=N[C@]2(Cc2ccc(Br)cc2)C(=O)NNc2ccccc2)c1. The molecule has 2 atom stereocenters. The molecule has 1 aliphatic rings. The highest BCUT2D eigenvalue weighted by molar-refractivity contribution is 9.10. The number of ether oxygens (including phenoxy) is 3. The maximum atomic E-state index is 14.3. The van der Waals surface area contributed by atoms with Crippen LogP contribution < -0.4 is 20.3 Å². The summed E-state index contributed by atoms with van der Waals surface area (Å²) in [6, 6.07) is 32.1. The minimum Gasteiger partial charge on any atom is -0.497 e. The quantitative estimate of drug-likeness (QED) is 0.134. The van der Waals surface area contributed by atoms with Crippen molar-refractivity contribution in [1.29, 1.82) is 0 Å². The number of hydrazine groups is 1. The van der Waals surface area contributed by atoms with E-state index in [0.29, 0.717) is 36.0 Å². The second kappa shape index (κ2) is 13.5. The number of rotatable bonds is 12. The molecule has 1 aliphatic heterocycles. The lowest BCUT2D eigenvalue weighted by atomic mass is 9.82. The fourth-order valence-corrected chi connectivity index (χ4v) is 5.02. The molecule has 9 heteroatoms. The van der Waals surface area contributed by atoms with Gasteiger partial charge in [-0.3, -0.25) is 15.6 Å². The van der Waals surface area contributed by atoms with Crippen LogP contribution in [0.4, 0.5) is 5.69 Å². The highest BCUT2D eigenvalue weighted by Crippen LogP contribution is 2.43. The summed E-state index contributed by atoms with van der Waals surface area (Å²) < 4.78 is 18.7. The summed E-state index contributed by atoms with van der Waals surface area (Å²) in [5.74, 6) is 1.31. The van der Waals surface area contributed by atoms with Crippen molar-refractivity contribution in [3.05, 3.63) is 124 Å². The summed E-state index contributed by atoms with van der Waals surface area (Å²) in [4.78, 5) is 19.3. The third-order valence-electron chi connectivity index (χ3n) is 6.91. The van der Waals surface area contributed by atoms with Gasteiger partial charge in [-0.05, 0) is 71.8 Å². The molecule has 1 heterocycles. The van der Waals surface area contributed by atoms with E-state index in [9.17, 15) is 4.79 Å². The predicted octanol–water partition coefficient (Wildman–Crippen LogP) is 5.86. The Balaban J connectivity index is 1.56. The van der Waals surface area contributed by atoms with Gasteiger partial charge in [0, 0.05) is 29.5 Å². The Morgan fingerprint density at radius 2 is 1.74 bits per heavy atom. The van der Waals surface area contributed by atoms with Crippen molar-refractivity contribution in [2.45, 2.75) is 24.5 Å². The Labute approximate surface area is 253 Å². The van der Waals surface area contributed by atoms with Gasteiger partial charge in [0.2, 0.25) is 5.90 Å². The van der Waals surface area contributed by atoms with Crippen molar-refractivity contribution in [3.63, 3.8) is 0 Å². The first-order valence-corrected chi connectivity index (χ1v) is 14.4. The molecule has 216 valence electrons. The first-order valence-electron chi connectivity index (χ1n) is 13.6. The summed E-state index contributed by atoms with van der Waals surface area (Å²) >= 11 is 3.50. The number of halogens is 1. The Hall–Kier alpha value is -4.34. The fourth-order valence-electron chi connectivity index (χ4n) is 4.76. The standard InChI is InChI=1S/C33H32BrN3O5/c1-40-29-10-5-7-25(21-29)30-33(22-23-11-15-26(34)16-12-23,32(39)37-36-27-8-3-2-4-9-27)35-31(42-30)24-13-17-28(18-14-24)41-20-6-19-38/h2-5,7-18,21,30,36,38H,6,19-20,22H2,1H3,(H,37,39)/t30-,33-/m0/s1. The number of hydrogen-bond donors (Lipinski definition) is 3. The topological polar surface area (TPSA) is 101 Å². The number of para-hydroxylation sites is 1. The van der Waals surface area contributed by atoms with Gasteiger partial charge >= 0.3 is 0 Å². The number of nitrogens with one attached hydrogen (secondary N) is 2. The normalized spacial score (nSPS) is 17.6. The Morgan fingerprint density at radius 1 is 0.976 bits per heavy atom. The minimum absolute atomic E-state index is 0.0655. The Morgan fingerprint density at radius 3 is 2.45 bits per heavy atom. The molecule has 0 bridgehead atoms. The van der Waals surface area contributed by atoms with Crippen LogP contribution in [0, 0.1) is 0 Å². The molecule has 3 N–H and O–H groups in total. The largest absolute Gasteiger partial charge is 0.497 e.